The lowest BCUT2D eigenvalue weighted by atomic mass is 10.1. The zero-order valence-corrected chi connectivity index (χ0v) is 8.48. The van der Waals surface area contributed by atoms with E-state index in [1.807, 2.05) is 13.8 Å². The van der Waals surface area contributed by atoms with Crippen LogP contribution < -0.4 is 0 Å². The van der Waals surface area contributed by atoms with Crippen LogP contribution in [0.25, 0.3) is 0 Å². The van der Waals surface area contributed by atoms with Crippen LogP contribution in [0, 0.1) is 10.1 Å². The summed E-state index contributed by atoms with van der Waals surface area (Å²) < 4.78 is 0. The third kappa shape index (κ3) is 5.24. The average Bonchev–Trinajstić information content (AvgIpc) is 2.20. The molecule has 0 atom stereocenters. The summed E-state index contributed by atoms with van der Waals surface area (Å²) >= 11 is 0. The highest BCUT2D eigenvalue weighted by molar-refractivity contribution is 5.97. The highest BCUT2D eigenvalue weighted by Gasteiger charge is 2.14. The molecule has 0 heterocycles. The van der Waals surface area contributed by atoms with Crippen molar-refractivity contribution in [3.05, 3.63) is 39.9 Å². The van der Waals surface area contributed by atoms with Crippen LogP contribution in [0.1, 0.15) is 46.0 Å². The number of carbonyl (C=O) groups excluding carboxylic acids is 1. The van der Waals surface area contributed by atoms with Gasteiger partial charge in [-0.2, -0.15) is 0 Å². The maximum atomic E-state index is 10.9. The van der Waals surface area contributed by atoms with Gasteiger partial charge in [0.1, 0.15) is 0 Å². The maximum Gasteiger partial charge on any atom is 0.280 e. The van der Waals surface area contributed by atoms with Gasteiger partial charge in [-0.05, 0) is 13.0 Å². The number of nitro benzene ring substituents is 1. The molecule has 0 spiro atoms. The molecule has 0 saturated carbocycles. The Morgan fingerprint density at radius 3 is 1.94 bits per heavy atom. The lowest BCUT2D eigenvalue weighted by molar-refractivity contribution is -0.385. The first-order valence-corrected chi connectivity index (χ1v) is 4.37. The second-order valence-corrected chi connectivity index (χ2v) is 2.33. The lowest BCUT2D eigenvalue weighted by Gasteiger charge is -1.95. The minimum Gasteiger partial charge on any atom is -0.294 e. The molecule has 1 aromatic rings. The van der Waals surface area contributed by atoms with Crippen molar-refractivity contribution in [2.75, 3.05) is 0 Å². The van der Waals surface area contributed by atoms with Gasteiger partial charge >= 0.3 is 0 Å². The van der Waals surface area contributed by atoms with Gasteiger partial charge in [-0.1, -0.05) is 40.8 Å². The van der Waals surface area contributed by atoms with Crippen molar-refractivity contribution in [2.45, 2.75) is 35.6 Å². The van der Waals surface area contributed by atoms with Crippen molar-refractivity contribution in [2.24, 2.45) is 0 Å². The molecule has 0 fully saturated rings. The lowest BCUT2D eigenvalue weighted by Crippen LogP contribution is -1.98. The van der Waals surface area contributed by atoms with Crippen LogP contribution >= 0.6 is 0 Å². The van der Waals surface area contributed by atoms with Gasteiger partial charge in [0.15, 0.2) is 5.78 Å². The van der Waals surface area contributed by atoms with Gasteiger partial charge in [0.05, 0.1) is 10.5 Å². The van der Waals surface area contributed by atoms with Crippen LogP contribution in [0.4, 0.5) is 5.69 Å². The van der Waals surface area contributed by atoms with Crippen molar-refractivity contribution in [3.8, 4) is 0 Å². The van der Waals surface area contributed by atoms with Gasteiger partial charge in [0.25, 0.3) is 5.69 Å². The summed E-state index contributed by atoms with van der Waals surface area (Å²) in [5.41, 5.74) is 0.0208. The normalized spacial score (nSPS) is 7.44. The predicted molar refractivity (Wildman–Crippen MR) is 67.9 cm³/mol. The molecule has 0 aliphatic heterocycles. The topological polar surface area (TPSA) is 60.2 Å². The number of ketones is 1. The van der Waals surface area contributed by atoms with Crippen LogP contribution in [-0.4, -0.2) is 10.7 Å². The third-order valence-corrected chi connectivity index (χ3v) is 1.48. The molecule has 0 radical (unpaired) electrons. The Hall–Kier alpha value is -1.71. The highest BCUT2D eigenvalue weighted by atomic mass is 16.6. The molecular formula is C12H21NO3. The molecule has 0 unspecified atom stereocenters. The Balaban J connectivity index is -0.000000399. The molecule has 0 amide bonds. The van der Waals surface area contributed by atoms with Gasteiger partial charge in [0, 0.05) is 6.07 Å². The first kappa shape index (κ1) is 19.8. The highest BCUT2D eigenvalue weighted by Crippen LogP contribution is 2.17. The van der Waals surface area contributed by atoms with Crippen LogP contribution in [0.15, 0.2) is 24.3 Å². The first-order valence-electron chi connectivity index (χ1n) is 4.37. The molecule has 1 rings (SSSR count). The molecule has 1 aromatic carbocycles. The van der Waals surface area contributed by atoms with E-state index in [0.29, 0.717) is 0 Å². The second kappa shape index (κ2) is 9.83. The number of carbonyl (C=O) groups is 1. The molecule has 0 bridgehead atoms. The minimum absolute atomic E-state index is 0. The van der Waals surface area contributed by atoms with E-state index in [0.717, 1.165) is 0 Å². The third-order valence-electron chi connectivity index (χ3n) is 1.48. The largest absolute Gasteiger partial charge is 0.294 e. The van der Waals surface area contributed by atoms with Crippen molar-refractivity contribution in [1.29, 1.82) is 0 Å². The summed E-state index contributed by atoms with van der Waals surface area (Å²) in [6, 6.07) is 5.89. The van der Waals surface area contributed by atoms with E-state index >= 15 is 0 Å². The Kier molecular flexibility index (Phi) is 12.2. The summed E-state index contributed by atoms with van der Waals surface area (Å²) in [6.07, 6.45) is 0. The number of para-hydroxylation sites is 1. The van der Waals surface area contributed by atoms with Crippen LogP contribution in [0.5, 0.6) is 0 Å². The predicted octanol–water partition coefficient (Wildman–Crippen LogP) is 4.10. The van der Waals surface area contributed by atoms with Crippen LogP contribution in [-0.2, 0) is 0 Å². The Morgan fingerprint density at radius 1 is 1.19 bits per heavy atom. The standard InChI is InChI=1S/C8H7NO3.C2H6.2CH4/c1-6(10)7-4-2-3-5-8(7)9(11)12;1-2;;/h2-5H,1H3;1-2H3;2*1H4. The molecular weight excluding hydrogens is 206 g/mol. The van der Waals surface area contributed by atoms with Gasteiger partial charge in [-0.25, -0.2) is 0 Å². The molecule has 16 heavy (non-hydrogen) atoms. The number of rotatable bonds is 2. The molecule has 0 saturated heterocycles. The van der Waals surface area contributed by atoms with Crippen LogP contribution in [0.2, 0.25) is 0 Å². The number of benzene rings is 1. The van der Waals surface area contributed by atoms with Crippen molar-refractivity contribution >= 4 is 11.5 Å². The number of nitro groups is 1. The smallest absolute Gasteiger partial charge is 0.280 e. The summed E-state index contributed by atoms with van der Waals surface area (Å²) in [4.78, 5) is 20.7. The fourth-order valence-electron chi connectivity index (χ4n) is 0.931. The summed E-state index contributed by atoms with van der Waals surface area (Å²) in [5, 5.41) is 10.4. The maximum absolute atomic E-state index is 10.9. The second-order valence-electron chi connectivity index (χ2n) is 2.33. The summed E-state index contributed by atoms with van der Waals surface area (Å²) in [5.74, 6) is -0.290. The zero-order valence-electron chi connectivity index (χ0n) is 8.48. The first-order chi connectivity index (χ1) is 6.63. The Morgan fingerprint density at radius 2 is 1.62 bits per heavy atom. The number of hydrogen-bond acceptors (Lipinski definition) is 3. The monoisotopic (exact) mass is 227 g/mol. The fraction of sp³-hybridized carbons (Fsp3) is 0.417. The minimum atomic E-state index is -0.559. The van der Waals surface area contributed by atoms with E-state index in [1.54, 1.807) is 6.07 Å². The van der Waals surface area contributed by atoms with Gasteiger partial charge in [0.2, 0.25) is 0 Å². The Bertz CT molecular complexity index is 302. The number of hydrogen-bond donors (Lipinski definition) is 0. The zero-order chi connectivity index (χ0) is 11.1. The van der Waals surface area contributed by atoms with E-state index in [9.17, 15) is 14.9 Å². The van der Waals surface area contributed by atoms with Crippen LogP contribution in [0.3, 0.4) is 0 Å². The van der Waals surface area contributed by atoms with Gasteiger partial charge < -0.3 is 0 Å². The van der Waals surface area contributed by atoms with Gasteiger partial charge in [-0.15, -0.1) is 0 Å². The molecule has 0 aliphatic carbocycles. The molecule has 92 valence electrons. The quantitative estimate of drug-likeness (QED) is 0.434. The number of nitrogens with zero attached hydrogens (tertiary/aromatic N) is 1. The molecule has 4 nitrogen and oxygen atoms in total. The van der Waals surface area contributed by atoms with Gasteiger partial charge in [-0.3, -0.25) is 14.9 Å². The summed E-state index contributed by atoms with van der Waals surface area (Å²) in [6.45, 7) is 5.31. The van der Waals surface area contributed by atoms with E-state index in [2.05, 4.69) is 0 Å². The average molecular weight is 227 g/mol. The van der Waals surface area contributed by atoms with E-state index in [4.69, 9.17) is 0 Å². The Labute approximate surface area is 97.5 Å². The molecule has 0 N–H and O–H groups in total. The molecule has 0 aliphatic rings. The SMILES string of the molecule is C.C.CC.CC(=O)c1ccccc1[N+](=O)[O-]. The molecule has 0 aromatic heterocycles. The fourth-order valence-corrected chi connectivity index (χ4v) is 0.931. The van der Waals surface area contributed by atoms with E-state index in [1.165, 1.54) is 25.1 Å². The number of Topliss-reactive ketones (excluding diaryl/α,β-unsaturated/α-hetero) is 1. The van der Waals surface area contributed by atoms with E-state index < -0.39 is 4.92 Å². The molecule has 4 heteroatoms. The van der Waals surface area contributed by atoms with Crippen molar-refractivity contribution in [3.63, 3.8) is 0 Å². The van der Waals surface area contributed by atoms with E-state index in [-0.39, 0.29) is 31.9 Å². The summed E-state index contributed by atoms with van der Waals surface area (Å²) in [7, 11) is 0. The van der Waals surface area contributed by atoms with Crippen molar-refractivity contribution < 1.29 is 9.72 Å². The van der Waals surface area contributed by atoms with Crippen molar-refractivity contribution in [1.82, 2.24) is 0 Å².